The molecular formula is C13H14ClNO4. The van der Waals surface area contributed by atoms with Crippen LogP contribution in [0.1, 0.15) is 5.56 Å². The van der Waals surface area contributed by atoms with Crippen LogP contribution < -0.4 is 5.32 Å². The first kappa shape index (κ1) is 15.0. The Bertz CT molecular complexity index is 458. The smallest absolute Gasteiger partial charge is 0.408 e. The molecule has 2 N–H and O–H groups in total. The fourth-order valence-corrected chi connectivity index (χ4v) is 1.50. The average Bonchev–Trinajstić information content (AvgIpc) is 2.38. The van der Waals surface area contributed by atoms with Gasteiger partial charge in [-0.2, -0.15) is 0 Å². The van der Waals surface area contributed by atoms with Crippen LogP contribution in [0.5, 0.6) is 0 Å². The Balaban J connectivity index is 2.62. The highest BCUT2D eigenvalue weighted by molar-refractivity contribution is 6.30. The number of ether oxygens (including phenoxy) is 1. The van der Waals surface area contributed by atoms with Gasteiger partial charge in [0, 0.05) is 11.4 Å². The summed E-state index contributed by atoms with van der Waals surface area (Å²) < 4.78 is 4.68. The van der Waals surface area contributed by atoms with Crippen LogP contribution in [0, 0.1) is 0 Å². The standard InChI is InChI=1S/C13H14ClNO4/c1-2-7-19-13(18)15-11(12(16)17)8-9-3-5-10(14)6-4-9/h2-6,11H,1,7-8H2,(H,15,18)(H,16,17)/t11-/m1/s1. The molecule has 6 heteroatoms. The number of carbonyl (C=O) groups is 2. The molecule has 0 saturated heterocycles. The molecule has 0 aliphatic heterocycles. The lowest BCUT2D eigenvalue weighted by Crippen LogP contribution is -2.42. The molecule has 0 bridgehead atoms. The second kappa shape index (κ2) is 7.43. The van der Waals surface area contributed by atoms with Gasteiger partial charge in [0.2, 0.25) is 0 Å². The third kappa shape index (κ3) is 5.44. The summed E-state index contributed by atoms with van der Waals surface area (Å²) in [7, 11) is 0. The lowest BCUT2D eigenvalue weighted by molar-refractivity contribution is -0.139. The molecule has 0 spiro atoms. The maximum atomic E-state index is 11.3. The minimum absolute atomic E-state index is 0.0269. The van der Waals surface area contributed by atoms with Crippen molar-refractivity contribution in [3.63, 3.8) is 0 Å². The summed E-state index contributed by atoms with van der Waals surface area (Å²) in [5.41, 5.74) is 0.751. The van der Waals surface area contributed by atoms with Gasteiger partial charge in [-0.25, -0.2) is 9.59 Å². The van der Waals surface area contributed by atoms with Crippen LogP contribution in [0.2, 0.25) is 5.02 Å². The van der Waals surface area contributed by atoms with Crippen molar-refractivity contribution in [2.45, 2.75) is 12.5 Å². The maximum absolute atomic E-state index is 11.3. The summed E-state index contributed by atoms with van der Waals surface area (Å²) >= 11 is 5.74. The van der Waals surface area contributed by atoms with Crippen molar-refractivity contribution in [3.05, 3.63) is 47.5 Å². The molecule has 19 heavy (non-hydrogen) atoms. The Morgan fingerprint density at radius 1 is 1.42 bits per heavy atom. The summed E-state index contributed by atoms with van der Waals surface area (Å²) in [6.45, 7) is 3.42. The first-order valence-electron chi connectivity index (χ1n) is 5.54. The van der Waals surface area contributed by atoms with Crippen molar-refractivity contribution < 1.29 is 19.4 Å². The molecule has 5 nitrogen and oxygen atoms in total. The Morgan fingerprint density at radius 3 is 2.58 bits per heavy atom. The van der Waals surface area contributed by atoms with Gasteiger partial charge in [-0.15, -0.1) is 0 Å². The van der Waals surface area contributed by atoms with Crippen molar-refractivity contribution in [3.8, 4) is 0 Å². The van der Waals surface area contributed by atoms with Crippen molar-refractivity contribution in [2.75, 3.05) is 6.61 Å². The number of hydrogen-bond acceptors (Lipinski definition) is 3. The van der Waals surface area contributed by atoms with Crippen LogP contribution >= 0.6 is 11.6 Å². The third-order valence-electron chi connectivity index (χ3n) is 2.28. The molecule has 1 atom stereocenters. The predicted octanol–water partition coefficient (Wildman–Crippen LogP) is 2.25. The van der Waals surface area contributed by atoms with Gasteiger partial charge in [0.05, 0.1) is 0 Å². The molecule has 0 aliphatic rings. The SMILES string of the molecule is C=CCOC(=O)N[C@H](Cc1ccc(Cl)cc1)C(=O)O. The number of halogens is 1. The average molecular weight is 284 g/mol. The number of carbonyl (C=O) groups excluding carboxylic acids is 1. The van der Waals surface area contributed by atoms with Gasteiger partial charge >= 0.3 is 12.1 Å². The first-order chi connectivity index (χ1) is 9.02. The van der Waals surface area contributed by atoms with Crippen LogP contribution in [-0.2, 0) is 16.0 Å². The number of hydrogen-bond donors (Lipinski definition) is 2. The van der Waals surface area contributed by atoms with Crippen molar-refractivity contribution in [2.24, 2.45) is 0 Å². The lowest BCUT2D eigenvalue weighted by Gasteiger charge is -2.14. The Morgan fingerprint density at radius 2 is 2.05 bits per heavy atom. The van der Waals surface area contributed by atoms with Gasteiger partial charge in [0.1, 0.15) is 12.6 Å². The fourth-order valence-electron chi connectivity index (χ4n) is 1.37. The third-order valence-corrected chi connectivity index (χ3v) is 2.53. The largest absolute Gasteiger partial charge is 0.480 e. The van der Waals surface area contributed by atoms with E-state index in [1.807, 2.05) is 0 Å². The highest BCUT2D eigenvalue weighted by atomic mass is 35.5. The number of carboxylic acids is 1. The Hall–Kier alpha value is -2.01. The maximum Gasteiger partial charge on any atom is 0.408 e. The van der Waals surface area contributed by atoms with Gasteiger partial charge in [-0.3, -0.25) is 0 Å². The summed E-state index contributed by atoms with van der Waals surface area (Å²) in [6, 6.07) is 5.67. The van der Waals surface area contributed by atoms with Gasteiger partial charge < -0.3 is 15.2 Å². The summed E-state index contributed by atoms with van der Waals surface area (Å²) in [5, 5.41) is 11.9. The zero-order valence-electron chi connectivity index (χ0n) is 10.1. The van der Waals surface area contributed by atoms with Gasteiger partial charge in [-0.1, -0.05) is 36.4 Å². The Kier molecular flexibility index (Phi) is 5.89. The molecule has 102 valence electrons. The van der Waals surface area contributed by atoms with Gasteiger partial charge in [0.25, 0.3) is 0 Å². The van der Waals surface area contributed by atoms with Crippen molar-refractivity contribution >= 4 is 23.7 Å². The molecule has 1 aromatic rings. The zero-order chi connectivity index (χ0) is 14.3. The van der Waals surface area contributed by atoms with Crippen LogP contribution in [0.3, 0.4) is 0 Å². The summed E-state index contributed by atoms with van der Waals surface area (Å²) in [6.07, 6.45) is 0.755. The van der Waals surface area contributed by atoms with E-state index in [1.54, 1.807) is 24.3 Å². The monoisotopic (exact) mass is 283 g/mol. The number of aliphatic carboxylic acids is 1. The topological polar surface area (TPSA) is 75.6 Å². The highest BCUT2D eigenvalue weighted by Gasteiger charge is 2.20. The van der Waals surface area contributed by atoms with E-state index in [4.69, 9.17) is 16.7 Å². The highest BCUT2D eigenvalue weighted by Crippen LogP contribution is 2.11. The molecule has 1 aromatic carbocycles. The molecule has 1 rings (SSSR count). The quantitative estimate of drug-likeness (QED) is 0.785. The molecule has 0 aliphatic carbocycles. The van der Waals surface area contributed by atoms with Crippen LogP contribution in [-0.4, -0.2) is 29.8 Å². The zero-order valence-corrected chi connectivity index (χ0v) is 10.9. The molecule has 0 fully saturated rings. The van der Waals surface area contributed by atoms with E-state index in [9.17, 15) is 9.59 Å². The van der Waals surface area contributed by atoms with E-state index in [0.717, 1.165) is 5.56 Å². The Labute approximate surface area is 115 Å². The van der Waals surface area contributed by atoms with E-state index in [2.05, 4.69) is 16.6 Å². The lowest BCUT2D eigenvalue weighted by atomic mass is 10.1. The minimum atomic E-state index is -1.13. The molecule has 0 saturated carbocycles. The van der Waals surface area contributed by atoms with E-state index >= 15 is 0 Å². The predicted molar refractivity (Wildman–Crippen MR) is 71.3 cm³/mol. The summed E-state index contributed by atoms with van der Waals surface area (Å²) in [5.74, 6) is -1.13. The van der Waals surface area contributed by atoms with E-state index < -0.39 is 18.1 Å². The molecule has 0 radical (unpaired) electrons. The second-order valence-corrected chi connectivity index (χ2v) is 4.19. The number of rotatable bonds is 6. The molecule has 0 heterocycles. The van der Waals surface area contributed by atoms with Crippen molar-refractivity contribution in [1.82, 2.24) is 5.32 Å². The molecule has 0 aromatic heterocycles. The van der Waals surface area contributed by atoms with E-state index in [-0.39, 0.29) is 13.0 Å². The number of nitrogens with one attached hydrogen (secondary N) is 1. The van der Waals surface area contributed by atoms with E-state index in [0.29, 0.717) is 5.02 Å². The van der Waals surface area contributed by atoms with Crippen LogP contribution in [0.4, 0.5) is 4.79 Å². The fraction of sp³-hybridized carbons (Fsp3) is 0.231. The van der Waals surface area contributed by atoms with Gasteiger partial charge in [-0.05, 0) is 17.7 Å². The van der Waals surface area contributed by atoms with Crippen molar-refractivity contribution in [1.29, 1.82) is 0 Å². The number of benzene rings is 1. The molecular weight excluding hydrogens is 270 g/mol. The number of amides is 1. The van der Waals surface area contributed by atoms with E-state index in [1.165, 1.54) is 6.08 Å². The van der Waals surface area contributed by atoms with Gasteiger partial charge in [0.15, 0.2) is 0 Å². The molecule has 1 amide bonds. The molecule has 0 unspecified atom stereocenters. The normalized spacial score (nSPS) is 11.4. The number of carboxylic acid groups (broad SMARTS) is 1. The number of alkyl carbamates (subject to hydrolysis) is 1. The van der Waals surface area contributed by atoms with Crippen LogP contribution in [0.15, 0.2) is 36.9 Å². The summed E-state index contributed by atoms with van der Waals surface area (Å²) in [4.78, 5) is 22.4. The first-order valence-corrected chi connectivity index (χ1v) is 5.92. The minimum Gasteiger partial charge on any atom is -0.480 e. The van der Waals surface area contributed by atoms with Crippen LogP contribution in [0.25, 0.3) is 0 Å². The second-order valence-electron chi connectivity index (χ2n) is 3.75.